The molecule has 2 aromatic rings. The van der Waals surface area contributed by atoms with Crippen LogP contribution >= 0.6 is 0 Å². The number of amides is 2. The molecule has 0 spiro atoms. The fraction of sp³-hybridized carbons (Fsp3) is 0.391. The third kappa shape index (κ3) is 4.38. The van der Waals surface area contributed by atoms with Crippen molar-refractivity contribution in [3.8, 4) is 0 Å². The largest absolute Gasteiger partial charge is 0.315 e. The fourth-order valence-electron chi connectivity index (χ4n) is 3.93. The van der Waals surface area contributed by atoms with E-state index in [-0.39, 0.29) is 23.7 Å². The van der Waals surface area contributed by atoms with Crippen LogP contribution in [0, 0.1) is 11.8 Å². The Hall–Kier alpha value is -2.62. The molecule has 142 valence electrons. The Balaban J connectivity index is 1.59. The quantitative estimate of drug-likeness (QED) is 0.783. The van der Waals surface area contributed by atoms with Crippen LogP contribution in [-0.2, 0) is 9.59 Å². The van der Waals surface area contributed by atoms with Crippen molar-refractivity contribution in [3.63, 3.8) is 0 Å². The number of para-hydroxylation sites is 2. The summed E-state index contributed by atoms with van der Waals surface area (Å²) < 4.78 is 0. The van der Waals surface area contributed by atoms with Crippen LogP contribution < -0.4 is 9.80 Å². The maximum Gasteiger partial charge on any atom is 0.230 e. The normalized spacial score (nSPS) is 19.3. The number of hydrogen-bond donors (Lipinski definition) is 0. The highest BCUT2D eigenvalue weighted by Gasteiger charge is 2.33. The van der Waals surface area contributed by atoms with Crippen molar-refractivity contribution in [2.45, 2.75) is 32.6 Å². The van der Waals surface area contributed by atoms with Crippen LogP contribution in [0.25, 0.3) is 0 Å². The summed E-state index contributed by atoms with van der Waals surface area (Å²) in [5.41, 5.74) is 1.87. The van der Waals surface area contributed by atoms with Gasteiger partial charge in [-0.2, -0.15) is 0 Å². The summed E-state index contributed by atoms with van der Waals surface area (Å²) in [6.07, 6.45) is 3.11. The predicted molar refractivity (Wildman–Crippen MR) is 110 cm³/mol. The van der Waals surface area contributed by atoms with E-state index in [9.17, 15) is 9.59 Å². The van der Waals surface area contributed by atoms with E-state index in [0.29, 0.717) is 6.54 Å². The van der Waals surface area contributed by atoms with E-state index >= 15 is 0 Å². The van der Waals surface area contributed by atoms with E-state index in [1.165, 1.54) is 0 Å². The Kier molecular flexibility index (Phi) is 6.28. The van der Waals surface area contributed by atoms with Gasteiger partial charge in [0.1, 0.15) is 0 Å². The molecule has 2 amide bonds. The van der Waals surface area contributed by atoms with Crippen molar-refractivity contribution >= 4 is 23.2 Å². The van der Waals surface area contributed by atoms with Gasteiger partial charge in [0, 0.05) is 36.8 Å². The summed E-state index contributed by atoms with van der Waals surface area (Å²) in [6, 6.07) is 19.6. The number of hydrogen-bond acceptors (Lipinski definition) is 2. The van der Waals surface area contributed by atoms with Gasteiger partial charge in [-0.1, -0.05) is 36.4 Å². The minimum Gasteiger partial charge on any atom is -0.315 e. The second-order valence-corrected chi connectivity index (χ2v) is 7.20. The molecule has 4 heteroatoms. The molecule has 27 heavy (non-hydrogen) atoms. The van der Waals surface area contributed by atoms with Crippen LogP contribution in [0.1, 0.15) is 32.6 Å². The highest BCUT2D eigenvalue weighted by atomic mass is 16.2. The van der Waals surface area contributed by atoms with Crippen molar-refractivity contribution in [1.82, 2.24) is 0 Å². The molecule has 0 atom stereocenters. The number of anilines is 2. The molecule has 1 fully saturated rings. The molecular formula is C23H28N2O2. The molecule has 0 saturated heterocycles. The van der Waals surface area contributed by atoms with E-state index in [0.717, 1.165) is 37.1 Å². The van der Waals surface area contributed by atoms with Gasteiger partial charge in [0.15, 0.2) is 0 Å². The molecule has 2 aromatic carbocycles. The summed E-state index contributed by atoms with van der Waals surface area (Å²) >= 11 is 0. The molecule has 1 saturated carbocycles. The first-order chi connectivity index (χ1) is 13.1. The monoisotopic (exact) mass is 364 g/mol. The van der Waals surface area contributed by atoms with Gasteiger partial charge in [0.05, 0.1) is 0 Å². The Bertz CT molecular complexity index is 752. The van der Waals surface area contributed by atoms with E-state index in [1.54, 1.807) is 4.90 Å². The van der Waals surface area contributed by atoms with Crippen LogP contribution in [0.3, 0.4) is 0 Å². The smallest absolute Gasteiger partial charge is 0.230 e. The van der Waals surface area contributed by atoms with Gasteiger partial charge in [0.25, 0.3) is 0 Å². The molecule has 1 aliphatic rings. The first kappa shape index (κ1) is 19.2. The Morgan fingerprint density at radius 3 is 1.70 bits per heavy atom. The van der Waals surface area contributed by atoms with E-state index in [1.807, 2.05) is 79.5 Å². The van der Waals surface area contributed by atoms with Crippen LogP contribution in [0.2, 0.25) is 0 Å². The Morgan fingerprint density at radius 1 is 0.778 bits per heavy atom. The first-order valence-corrected chi connectivity index (χ1v) is 9.80. The fourth-order valence-corrected chi connectivity index (χ4v) is 3.93. The van der Waals surface area contributed by atoms with Gasteiger partial charge >= 0.3 is 0 Å². The third-order valence-electron chi connectivity index (χ3n) is 5.55. The van der Waals surface area contributed by atoms with Crippen LogP contribution in [0.5, 0.6) is 0 Å². The second-order valence-electron chi connectivity index (χ2n) is 7.20. The van der Waals surface area contributed by atoms with Gasteiger partial charge in [-0.25, -0.2) is 0 Å². The molecule has 0 N–H and O–H groups in total. The molecule has 0 radical (unpaired) electrons. The van der Waals surface area contributed by atoms with Gasteiger partial charge in [-0.05, 0) is 56.9 Å². The molecule has 3 rings (SSSR count). The standard InChI is InChI=1S/C23H28N2O2/c1-3-25(21-12-8-5-9-13-21)23(27)19-16-14-18(15-17-19)22(26)24(2)20-10-6-4-7-11-20/h4-13,18-19H,3,14-17H2,1-2H3. The molecule has 0 aromatic heterocycles. The number of carbonyl (C=O) groups is 2. The van der Waals surface area contributed by atoms with Crippen molar-refractivity contribution in [2.75, 3.05) is 23.4 Å². The van der Waals surface area contributed by atoms with Crippen LogP contribution in [-0.4, -0.2) is 25.4 Å². The Labute approximate surface area is 161 Å². The van der Waals surface area contributed by atoms with Gasteiger partial charge in [0.2, 0.25) is 11.8 Å². The molecule has 0 heterocycles. The van der Waals surface area contributed by atoms with Gasteiger partial charge < -0.3 is 9.80 Å². The maximum absolute atomic E-state index is 13.0. The lowest BCUT2D eigenvalue weighted by atomic mass is 9.80. The molecule has 1 aliphatic carbocycles. The number of carbonyl (C=O) groups excluding carboxylic acids is 2. The van der Waals surface area contributed by atoms with Crippen LogP contribution in [0.15, 0.2) is 60.7 Å². The van der Waals surface area contributed by atoms with Crippen molar-refractivity contribution in [3.05, 3.63) is 60.7 Å². The molecule has 0 unspecified atom stereocenters. The highest BCUT2D eigenvalue weighted by Crippen LogP contribution is 2.33. The second kappa shape index (κ2) is 8.85. The molecule has 4 nitrogen and oxygen atoms in total. The van der Waals surface area contributed by atoms with Gasteiger partial charge in [-0.15, -0.1) is 0 Å². The zero-order valence-corrected chi connectivity index (χ0v) is 16.2. The van der Waals surface area contributed by atoms with Crippen molar-refractivity contribution in [1.29, 1.82) is 0 Å². The third-order valence-corrected chi connectivity index (χ3v) is 5.55. The average Bonchev–Trinajstić information content (AvgIpc) is 2.74. The van der Waals surface area contributed by atoms with Crippen molar-refractivity contribution < 1.29 is 9.59 Å². The number of rotatable bonds is 5. The van der Waals surface area contributed by atoms with E-state index in [2.05, 4.69) is 0 Å². The van der Waals surface area contributed by atoms with E-state index < -0.39 is 0 Å². The molecule has 0 bridgehead atoms. The maximum atomic E-state index is 13.0. The lowest BCUT2D eigenvalue weighted by Crippen LogP contribution is -2.40. The SMILES string of the molecule is CCN(C(=O)C1CCC(C(=O)N(C)c2ccccc2)CC1)c1ccccc1. The summed E-state index contributed by atoms with van der Waals surface area (Å²) in [6.45, 7) is 2.67. The lowest BCUT2D eigenvalue weighted by Gasteiger charge is -2.32. The predicted octanol–water partition coefficient (Wildman–Crippen LogP) is 4.51. The lowest BCUT2D eigenvalue weighted by molar-refractivity contribution is -0.127. The summed E-state index contributed by atoms with van der Waals surface area (Å²) in [5, 5.41) is 0. The summed E-state index contributed by atoms with van der Waals surface area (Å²) in [7, 11) is 1.84. The minimum atomic E-state index is 0.00561. The summed E-state index contributed by atoms with van der Waals surface area (Å²) in [4.78, 5) is 29.4. The number of nitrogens with zero attached hydrogens (tertiary/aromatic N) is 2. The van der Waals surface area contributed by atoms with Crippen molar-refractivity contribution in [2.24, 2.45) is 11.8 Å². The molecular weight excluding hydrogens is 336 g/mol. The zero-order chi connectivity index (χ0) is 19.2. The first-order valence-electron chi connectivity index (χ1n) is 9.80. The zero-order valence-electron chi connectivity index (χ0n) is 16.2. The summed E-state index contributed by atoms with van der Waals surface area (Å²) in [5.74, 6) is 0.357. The Morgan fingerprint density at radius 2 is 1.22 bits per heavy atom. The van der Waals surface area contributed by atoms with E-state index in [4.69, 9.17) is 0 Å². The van der Waals surface area contributed by atoms with Crippen LogP contribution in [0.4, 0.5) is 11.4 Å². The van der Waals surface area contributed by atoms with Gasteiger partial charge in [-0.3, -0.25) is 9.59 Å². The highest BCUT2D eigenvalue weighted by molar-refractivity contribution is 5.96. The number of benzene rings is 2. The topological polar surface area (TPSA) is 40.6 Å². The average molecular weight is 364 g/mol. The minimum absolute atomic E-state index is 0.00561. The molecule has 0 aliphatic heterocycles.